The van der Waals surface area contributed by atoms with E-state index in [-0.39, 0.29) is 17.7 Å². The number of nitrogens with zero attached hydrogens (tertiary/aromatic N) is 3. The van der Waals surface area contributed by atoms with Crippen molar-refractivity contribution in [1.29, 1.82) is 0 Å². The van der Waals surface area contributed by atoms with E-state index in [9.17, 15) is 14.9 Å². The fourth-order valence-corrected chi connectivity index (χ4v) is 15.7. The summed E-state index contributed by atoms with van der Waals surface area (Å²) in [5.74, 6) is -2.65. The van der Waals surface area contributed by atoms with Crippen LogP contribution in [0.3, 0.4) is 0 Å². The first-order valence-electron chi connectivity index (χ1n) is 22.8. The van der Waals surface area contributed by atoms with Gasteiger partial charge in [-0.3, -0.25) is 24.6 Å². The molecule has 1 amide bonds. The van der Waals surface area contributed by atoms with Gasteiger partial charge in [-0.2, -0.15) is 0 Å². The summed E-state index contributed by atoms with van der Waals surface area (Å²) in [5.41, 5.74) is 3.63. The molecule has 7 aromatic carbocycles. The molecule has 354 valence electrons. The highest BCUT2D eigenvalue weighted by Gasteiger charge is 2.60. The van der Waals surface area contributed by atoms with Crippen LogP contribution in [0, 0.1) is 16.0 Å². The maximum Gasteiger partial charge on any atom is 0.356 e. The van der Waals surface area contributed by atoms with Gasteiger partial charge in [0.05, 0.1) is 16.8 Å². The van der Waals surface area contributed by atoms with E-state index in [4.69, 9.17) is 14.2 Å². The van der Waals surface area contributed by atoms with Crippen LogP contribution in [0.25, 0.3) is 0 Å². The van der Waals surface area contributed by atoms with Crippen LogP contribution in [-0.4, -0.2) is 50.6 Å². The maximum absolute atomic E-state index is 16.3. The Bertz CT molecular complexity index is 2990. The van der Waals surface area contributed by atoms with Crippen molar-refractivity contribution < 1.29 is 33.5 Å². The minimum absolute atomic E-state index is 0.0966. The number of ether oxygens (including phenoxy) is 3. The first kappa shape index (κ1) is 48.0. The van der Waals surface area contributed by atoms with E-state index in [1.165, 1.54) is 37.9 Å². The van der Waals surface area contributed by atoms with E-state index in [1.54, 1.807) is 35.4 Å². The summed E-state index contributed by atoms with van der Waals surface area (Å²) in [6.07, 6.45) is 0.365. The highest BCUT2D eigenvalue weighted by atomic mass is 32.2. The smallest absolute Gasteiger partial charge is 0.356 e. The zero-order valence-corrected chi connectivity index (χ0v) is 40.5. The van der Waals surface area contributed by atoms with Crippen LogP contribution in [0.4, 0.5) is 5.69 Å². The van der Waals surface area contributed by atoms with E-state index >= 15 is 9.59 Å². The van der Waals surface area contributed by atoms with Crippen LogP contribution in [0.2, 0.25) is 0 Å². The largest absolute Gasteiger partial charge is 0.481 e. The lowest BCUT2D eigenvalue weighted by molar-refractivity contribution is -0.384. The molecule has 3 unspecified atom stereocenters. The minimum atomic E-state index is -3.50. The summed E-state index contributed by atoms with van der Waals surface area (Å²) < 4.78 is 17.1. The molecule has 1 fully saturated rings. The van der Waals surface area contributed by atoms with Crippen molar-refractivity contribution in [3.05, 3.63) is 263 Å². The third-order valence-corrected chi connectivity index (χ3v) is 18.6. The molecule has 0 spiro atoms. The number of thioether (sulfide) groups is 1. The third kappa shape index (κ3) is 9.39. The monoisotopic (exact) mass is 977 g/mol. The first-order valence-corrected chi connectivity index (χ1v) is 25.5. The Morgan fingerprint density at radius 1 is 0.676 bits per heavy atom. The number of nitro groups is 1. The molecule has 8 aromatic rings. The standard InChI is InChI=1S/C58H48N3O8PS/c1-41(62)69-53(43-35-38-51(67-2)59-39-43)52-54(63)60(56(52)71-58(44-21-9-3-10-22-44,45-23-11-4-12-24-45)46-25-13-5-14-26-46)55(57(64)68-40-42-33-36-47(37-34-42)61(65)66)70(48-27-15-6-16-28-48,49-29-17-7-18-30-49)50-31-19-8-20-32-50/h3-39,52-53,56H,40H2,1-2H3. The van der Waals surface area contributed by atoms with Crippen LogP contribution in [0.5, 0.6) is 5.88 Å². The predicted molar refractivity (Wildman–Crippen MR) is 279 cm³/mol. The molecular formula is C58H48N3O8PS. The predicted octanol–water partition coefficient (Wildman–Crippen LogP) is 9.98. The fourth-order valence-electron chi connectivity index (χ4n) is 9.32. The average molecular weight is 978 g/mol. The van der Waals surface area contributed by atoms with Gasteiger partial charge in [-0.05, 0) is 56.4 Å². The molecule has 1 aliphatic rings. The van der Waals surface area contributed by atoms with Crippen molar-refractivity contribution in [2.24, 2.45) is 5.92 Å². The number of hydrogen-bond donors (Lipinski definition) is 0. The molecule has 1 aliphatic heterocycles. The van der Waals surface area contributed by atoms with Gasteiger partial charge in [-0.1, -0.05) is 182 Å². The van der Waals surface area contributed by atoms with E-state index in [0.717, 1.165) is 32.6 Å². The van der Waals surface area contributed by atoms with Crippen molar-refractivity contribution in [2.75, 3.05) is 7.11 Å². The van der Waals surface area contributed by atoms with Crippen molar-refractivity contribution in [1.82, 2.24) is 9.88 Å². The highest BCUT2D eigenvalue weighted by Crippen LogP contribution is 2.59. The Hall–Kier alpha value is -8.05. The summed E-state index contributed by atoms with van der Waals surface area (Å²) in [6, 6.07) is 68.4. The Kier molecular flexibility index (Phi) is 14.4. The van der Waals surface area contributed by atoms with Crippen LogP contribution < -0.4 is 20.7 Å². The van der Waals surface area contributed by atoms with Gasteiger partial charge in [-0.25, -0.2) is 9.78 Å². The number of β-lactam (4-membered cyclic amide) rings is 1. The summed E-state index contributed by atoms with van der Waals surface area (Å²) in [6.45, 7) is -2.46. The van der Waals surface area contributed by atoms with Crippen LogP contribution >= 0.6 is 18.6 Å². The lowest BCUT2D eigenvalue weighted by Crippen LogP contribution is -2.67. The number of rotatable bonds is 17. The van der Waals surface area contributed by atoms with Crippen LogP contribution in [0.1, 0.15) is 40.8 Å². The number of methoxy groups -OCH3 is 1. The lowest BCUT2D eigenvalue weighted by Gasteiger charge is -2.54. The van der Waals surface area contributed by atoms with Gasteiger partial charge in [0.15, 0.2) is 0 Å². The van der Waals surface area contributed by atoms with Crippen molar-refractivity contribution in [2.45, 2.75) is 29.8 Å². The molecule has 0 aliphatic carbocycles. The van der Waals surface area contributed by atoms with E-state index in [0.29, 0.717) is 17.0 Å². The van der Waals surface area contributed by atoms with Crippen molar-refractivity contribution in [3.63, 3.8) is 0 Å². The van der Waals surface area contributed by atoms with Crippen molar-refractivity contribution in [3.8, 4) is 5.88 Å². The molecule has 3 atom stereocenters. The van der Waals surface area contributed by atoms with Gasteiger partial charge in [-0.15, -0.1) is 11.8 Å². The van der Waals surface area contributed by atoms with Crippen molar-refractivity contribution >= 4 is 63.5 Å². The Morgan fingerprint density at radius 2 is 1.13 bits per heavy atom. The van der Waals surface area contributed by atoms with Gasteiger partial charge in [0.1, 0.15) is 29.4 Å². The summed E-state index contributed by atoms with van der Waals surface area (Å²) in [7, 11) is 1.50. The topological polar surface area (TPSA) is 138 Å². The average Bonchev–Trinajstić information content (AvgIpc) is 3.42. The number of carbonyl (C=O) groups is 3. The highest BCUT2D eigenvalue weighted by molar-refractivity contribution is 8.01. The number of esters is 2. The Balaban J connectivity index is 1.39. The summed E-state index contributed by atoms with van der Waals surface area (Å²) in [4.78, 5) is 62.9. The summed E-state index contributed by atoms with van der Waals surface area (Å²) in [5, 5.41) is 13.0. The molecule has 71 heavy (non-hydrogen) atoms. The molecule has 0 N–H and O–H groups in total. The zero-order chi connectivity index (χ0) is 49.4. The third-order valence-electron chi connectivity index (χ3n) is 12.5. The normalized spacial score (nSPS) is 14.9. The second-order valence-electron chi connectivity index (χ2n) is 16.7. The molecule has 9 rings (SSSR count). The van der Waals surface area contributed by atoms with E-state index in [1.807, 2.05) is 146 Å². The van der Waals surface area contributed by atoms with E-state index in [2.05, 4.69) is 41.4 Å². The number of hydrogen-bond acceptors (Lipinski definition) is 10. The minimum Gasteiger partial charge on any atom is -0.481 e. The maximum atomic E-state index is 16.3. The molecular weight excluding hydrogens is 930 g/mol. The Morgan fingerprint density at radius 3 is 1.52 bits per heavy atom. The molecule has 0 bridgehead atoms. The van der Waals surface area contributed by atoms with E-state index < -0.39 is 51.8 Å². The molecule has 1 aromatic heterocycles. The van der Waals surface area contributed by atoms with Gasteiger partial charge in [0, 0.05) is 43.8 Å². The zero-order valence-electron chi connectivity index (χ0n) is 38.8. The number of carbonyl (C=O) groups excluding carboxylic acids is 3. The molecule has 13 heteroatoms. The Labute approximate surface area is 416 Å². The number of pyridine rings is 1. The lowest BCUT2D eigenvalue weighted by atomic mass is 9.84. The second kappa shape index (κ2) is 21.3. The molecule has 0 radical (unpaired) electrons. The molecule has 1 saturated heterocycles. The second-order valence-corrected chi connectivity index (χ2v) is 21.3. The number of benzene rings is 7. The van der Waals surface area contributed by atoms with Crippen LogP contribution in [-0.2, 0) is 35.2 Å². The summed E-state index contributed by atoms with van der Waals surface area (Å²) >= 11 is 1.48. The first-order chi connectivity index (χ1) is 34.7. The number of likely N-dealkylation sites (tertiary alicyclic amines) is 1. The number of amides is 1. The molecule has 11 nitrogen and oxygen atoms in total. The van der Waals surface area contributed by atoms with Crippen LogP contribution in [0.15, 0.2) is 225 Å². The number of nitro benzene ring substituents is 1. The fraction of sp³-hybridized carbons (Fsp3) is 0.121. The molecule has 0 saturated carbocycles. The number of non-ortho nitro benzene ring substituents is 1. The molecule has 2 heterocycles. The van der Waals surface area contributed by atoms with Gasteiger partial charge >= 0.3 is 11.9 Å². The number of aromatic nitrogens is 1. The van der Waals surface area contributed by atoms with Gasteiger partial charge in [0.2, 0.25) is 11.8 Å². The SMILES string of the molecule is COc1ccc(C(OC(C)=O)C2C(=O)N(C(C(=O)OCc3ccc([N+](=O)[O-])cc3)=P(c3ccccc3)(c3ccccc3)c3ccccc3)C2SC(c2ccccc2)(c2ccccc2)c2ccccc2)cn1. The quantitative estimate of drug-likeness (QED) is 0.0217. The van der Waals surface area contributed by atoms with Gasteiger partial charge < -0.3 is 14.2 Å². The van der Waals surface area contributed by atoms with Gasteiger partial charge in [0.25, 0.3) is 5.69 Å².